The summed E-state index contributed by atoms with van der Waals surface area (Å²) in [4.78, 5) is 35.7. The van der Waals surface area contributed by atoms with Crippen LogP contribution in [0.3, 0.4) is 0 Å². The number of benzene rings is 2. The number of nitrogens with one attached hydrogen (secondary N) is 1. The lowest BCUT2D eigenvalue weighted by Crippen LogP contribution is -2.46. The molecular formula is C24H23NO7. The zero-order chi connectivity index (χ0) is 22.5. The number of rotatable bonds is 7. The van der Waals surface area contributed by atoms with E-state index in [1.165, 1.54) is 19.3 Å². The van der Waals surface area contributed by atoms with E-state index in [0.717, 1.165) is 22.3 Å². The van der Waals surface area contributed by atoms with Crippen molar-refractivity contribution < 1.29 is 33.3 Å². The third-order valence-corrected chi connectivity index (χ3v) is 5.38. The minimum Gasteiger partial charge on any atom is -0.467 e. The molecule has 2 aromatic carbocycles. The van der Waals surface area contributed by atoms with Gasteiger partial charge in [0.2, 0.25) is 0 Å². The Kier molecular flexibility index (Phi) is 6.63. The minimum atomic E-state index is -1.09. The first kappa shape index (κ1) is 21.7. The molecule has 2 atom stereocenters. The molecule has 0 unspecified atom stereocenters. The lowest BCUT2D eigenvalue weighted by Gasteiger charge is -2.22. The van der Waals surface area contributed by atoms with Crippen LogP contribution in [0.25, 0.3) is 11.1 Å². The summed E-state index contributed by atoms with van der Waals surface area (Å²) in [6.45, 7) is -0.199. The molecule has 0 fully saturated rings. The molecule has 0 aromatic heterocycles. The van der Waals surface area contributed by atoms with Crippen LogP contribution in [0.5, 0.6) is 0 Å². The number of amides is 1. The van der Waals surface area contributed by atoms with Crippen molar-refractivity contribution >= 4 is 17.8 Å². The van der Waals surface area contributed by atoms with E-state index in [1.807, 2.05) is 48.5 Å². The molecule has 0 radical (unpaired) electrons. The number of ether oxygens (including phenoxy) is 4. The van der Waals surface area contributed by atoms with Gasteiger partial charge in [-0.15, -0.1) is 0 Å². The van der Waals surface area contributed by atoms with Crippen LogP contribution in [0, 0.1) is 0 Å². The molecule has 32 heavy (non-hydrogen) atoms. The lowest BCUT2D eigenvalue weighted by atomic mass is 9.98. The van der Waals surface area contributed by atoms with Crippen molar-refractivity contribution in [2.75, 3.05) is 26.9 Å². The highest BCUT2D eigenvalue weighted by Gasteiger charge is 2.30. The second-order valence-electron chi connectivity index (χ2n) is 7.38. The first-order valence-corrected chi connectivity index (χ1v) is 10.2. The number of carbonyl (C=O) groups excluding carboxylic acids is 3. The average Bonchev–Trinajstić information content (AvgIpc) is 3.14. The van der Waals surface area contributed by atoms with Gasteiger partial charge in [-0.05, 0) is 34.4 Å². The second-order valence-corrected chi connectivity index (χ2v) is 7.38. The van der Waals surface area contributed by atoms with Crippen LogP contribution in [-0.4, -0.2) is 57.1 Å². The Labute approximate surface area is 185 Å². The van der Waals surface area contributed by atoms with E-state index in [0.29, 0.717) is 0 Å². The van der Waals surface area contributed by atoms with Crippen LogP contribution in [0.1, 0.15) is 17.0 Å². The molecule has 2 aliphatic rings. The van der Waals surface area contributed by atoms with Crippen molar-refractivity contribution in [1.82, 2.24) is 5.32 Å². The number of carbonyl (C=O) groups is 3. The van der Waals surface area contributed by atoms with Crippen LogP contribution in [0.4, 0.5) is 4.79 Å². The second kappa shape index (κ2) is 9.76. The van der Waals surface area contributed by atoms with E-state index in [9.17, 15) is 14.4 Å². The van der Waals surface area contributed by atoms with Crippen molar-refractivity contribution in [3.8, 4) is 11.1 Å². The molecule has 166 valence electrons. The summed E-state index contributed by atoms with van der Waals surface area (Å²) in [5.74, 6) is -0.959. The molecule has 1 aliphatic carbocycles. The molecule has 2 aromatic rings. The molecule has 1 amide bonds. The first-order valence-electron chi connectivity index (χ1n) is 10.2. The molecule has 0 bridgehead atoms. The molecule has 4 rings (SSSR count). The van der Waals surface area contributed by atoms with Crippen LogP contribution in [0.2, 0.25) is 0 Å². The molecule has 1 heterocycles. The lowest BCUT2D eigenvalue weighted by molar-refractivity contribution is -0.155. The number of alkyl carbamates (subject to hydrolysis) is 1. The first-order chi connectivity index (χ1) is 15.6. The van der Waals surface area contributed by atoms with Crippen LogP contribution in [0.15, 0.2) is 60.7 Å². The highest BCUT2D eigenvalue weighted by molar-refractivity contribution is 5.91. The maximum atomic E-state index is 12.5. The van der Waals surface area contributed by atoms with Gasteiger partial charge in [0, 0.05) is 5.92 Å². The van der Waals surface area contributed by atoms with Crippen LogP contribution >= 0.6 is 0 Å². The molecule has 1 aliphatic heterocycles. The normalized spacial score (nSPS) is 17.9. The third kappa shape index (κ3) is 4.71. The monoisotopic (exact) mass is 437 g/mol. The Morgan fingerprint density at radius 1 is 1.09 bits per heavy atom. The van der Waals surface area contributed by atoms with Crippen molar-refractivity contribution in [2.24, 2.45) is 0 Å². The van der Waals surface area contributed by atoms with Gasteiger partial charge in [-0.25, -0.2) is 9.59 Å². The van der Waals surface area contributed by atoms with Crippen LogP contribution in [-0.2, 0) is 28.5 Å². The Morgan fingerprint density at radius 2 is 1.75 bits per heavy atom. The van der Waals surface area contributed by atoms with Gasteiger partial charge < -0.3 is 24.3 Å². The fourth-order valence-electron chi connectivity index (χ4n) is 3.84. The minimum absolute atomic E-state index is 0.0979. The Bertz CT molecular complexity index is 1000. The van der Waals surface area contributed by atoms with E-state index in [1.54, 1.807) is 0 Å². The van der Waals surface area contributed by atoms with Crippen molar-refractivity contribution in [3.63, 3.8) is 0 Å². The van der Waals surface area contributed by atoms with Gasteiger partial charge in [0.05, 0.1) is 13.7 Å². The zero-order valence-corrected chi connectivity index (χ0v) is 17.5. The Balaban J connectivity index is 1.37. The van der Waals surface area contributed by atoms with Crippen LogP contribution < -0.4 is 5.32 Å². The Morgan fingerprint density at radius 3 is 2.34 bits per heavy atom. The standard InChI is InChI=1S/C24H23NO7/c1-29-23(27)21(14-31-22-11-10-15(26)12-30-22)25-24(28)32-13-20-18-8-4-2-6-16(18)17-7-3-5-9-19(17)20/h2-11,20-22H,12-14H2,1H3,(H,25,28)/t21-,22+/m0/s1. The fourth-order valence-corrected chi connectivity index (χ4v) is 3.84. The van der Waals surface area contributed by atoms with E-state index in [2.05, 4.69) is 5.32 Å². The molecule has 0 spiro atoms. The number of hydrogen-bond donors (Lipinski definition) is 1. The summed E-state index contributed by atoms with van der Waals surface area (Å²) in [5.41, 5.74) is 4.42. The number of hydrogen-bond acceptors (Lipinski definition) is 7. The van der Waals surface area contributed by atoms with Gasteiger partial charge in [-0.2, -0.15) is 0 Å². The molecule has 0 saturated heterocycles. The highest BCUT2D eigenvalue weighted by atomic mass is 16.7. The Hall–Kier alpha value is -3.49. The topological polar surface area (TPSA) is 100 Å². The summed E-state index contributed by atoms with van der Waals surface area (Å²) in [7, 11) is 1.21. The van der Waals surface area contributed by atoms with E-state index >= 15 is 0 Å². The number of ketones is 1. The van der Waals surface area contributed by atoms with Gasteiger partial charge in [-0.1, -0.05) is 48.5 Å². The van der Waals surface area contributed by atoms with Gasteiger partial charge >= 0.3 is 12.1 Å². The van der Waals surface area contributed by atoms with Gasteiger partial charge in [0.1, 0.15) is 13.2 Å². The quantitative estimate of drug-likeness (QED) is 0.665. The van der Waals surface area contributed by atoms with Gasteiger partial charge in [-0.3, -0.25) is 4.79 Å². The molecule has 1 N–H and O–H groups in total. The summed E-state index contributed by atoms with van der Waals surface area (Å²) in [6.07, 6.45) is 1.23. The van der Waals surface area contributed by atoms with Crippen molar-refractivity contribution in [2.45, 2.75) is 18.2 Å². The van der Waals surface area contributed by atoms with E-state index in [4.69, 9.17) is 18.9 Å². The largest absolute Gasteiger partial charge is 0.467 e. The predicted octanol–water partition coefficient (Wildman–Crippen LogP) is 2.56. The zero-order valence-electron chi connectivity index (χ0n) is 17.5. The molecular weight excluding hydrogens is 414 g/mol. The summed E-state index contributed by atoms with van der Waals surface area (Å²) < 4.78 is 20.8. The highest BCUT2D eigenvalue weighted by Crippen LogP contribution is 2.44. The smallest absolute Gasteiger partial charge is 0.407 e. The third-order valence-electron chi connectivity index (χ3n) is 5.38. The number of methoxy groups -OCH3 is 1. The van der Waals surface area contributed by atoms with Gasteiger partial charge in [0.25, 0.3) is 0 Å². The van der Waals surface area contributed by atoms with E-state index in [-0.39, 0.29) is 31.5 Å². The summed E-state index contributed by atoms with van der Waals surface area (Å²) >= 11 is 0. The maximum absolute atomic E-state index is 12.5. The molecule has 0 saturated carbocycles. The SMILES string of the molecule is COC(=O)[C@H](CO[C@@H]1C=CC(=O)CO1)NC(=O)OCC1c2ccccc2-c2ccccc21. The van der Waals surface area contributed by atoms with E-state index < -0.39 is 24.4 Å². The summed E-state index contributed by atoms with van der Waals surface area (Å²) in [5, 5.41) is 2.48. The predicted molar refractivity (Wildman–Crippen MR) is 114 cm³/mol. The van der Waals surface area contributed by atoms with Gasteiger partial charge in [0.15, 0.2) is 18.1 Å². The molecule has 8 heteroatoms. The maximum Gasteiger partial charge on any atom is 0.407 e. The van der Waals surface area contributed by atoms with Crippen molar-refractivity contribution in [3.05, 3.63) is 71.8 Å². The average molecular weight is 437 g/mol. The molecule has 8 nitrogen and oxygen atoms in total. The number of fused-ring (bicyclic) bond motifs is 3. The summed E-state index contributed by atoms with van der Waals surface area (Å²) in [6, 6.07) is 14.9. The van der Waals surface area contributed by atoms with Crippen molar-refractivity contribution in [1.29, 1.82) is 0 Å². The number of esters is 1. The fraction of sp³-hybridized carbons (Fsp3) is 0.292.